The van der Waals surface area contributed by atoms with Crippen LogP contribution >= 0.6 is 0 Å². The van der Waals surface area contributed by atoms with Crippen LogP contribution in [-0.2, 0) is 9.53 Å². The average molecular weight is 296 g/mol. The van der Waals surface area contributed by atoms with E-state index in [-0.39, 0.29) is 11.9 Å². The van der Waals surface area contributed by atoms with Gasteiger partial charge in [0.25, 0.3) is 0 Å². The molecule has 0 aromatic rings. The molecular formula is C19H36O2. The van der Waals surface area contributed by atoms with Crippen molar-refractivity contribution in [2.24, 2.45) is 11.8 Å². The van der Waals surface area contributed by atoms with Gasteiger partial charge in [0.05, 0.1) is 13.0 Å². The van der Waals surface area contributed by atoms with E-state index in [9.17, 15) is 4.79 Å². The smallest absolute Gasteiger partial charge is 0.308 e. The van der Waals surface area contributed by atoms with Crippen LogP contribution < -0.4 is 0 Å². The van der Waals surface area contributed by atoms with Gasteiger partial charge in [-0.25, -0.2) is 0 Å². The summed E-state index contributed by atoms with van der Waals surface area (Å²) in [6.07, 6.45) is 18.6. The summed E-state index contributed by atoms with van der Waals surface area (Å²) in [5.41, 5.74) is 0. The molecule has 2 heteroatoms. The second-order valence-electron chi connectivity index (χ2n) is 6.79. The first-order valence-corrected chi connectivity index (χ1v) is 9.37. The van der Waals surface area contributed by atoms with Gasteiger partial charge in [-0.2, -0.15) is 0 Å². The Morgan fingerprint density at radius 1 is 0.905 bits per heavy atom. The Morgan fingerprint density at radius 3 is 2.05 bits per heavy atom. The fourth-order valence-electron chi connectivity index (χ4n) is 3.74. The molecule has 1 aliphatic carbocycles. The van der Waals surface area contributed by atoms with E-state index in [0.29, 0.717) is 5.92 Å². The Bertz CT molecular complexity index is 262. The van der Waals surface area contributed by atoms with Crippen molar-refractivity contribution in [3.8, 4) is 0 Å². The molecule has 0 heterocycles. The third-order valence-corrected chi connectivity index (χ3v) is 5.09. The Kier molecular flexibility index (Phi) is 10.6. The second kappa shape index (κ2) is 12.1. The molecule has 0 aromatic carbocycles. The monoisotopic (exact) mass is 296 g/mol. The Labute approximate surface area is 132 Å². The SMILES string of the molecule is CCCCCCCCCCCC[C@@H]1CCC[C@@H]1C(=O)OC. The first-order valence-electron chi connectivity index (χ1n) is 9.37. The predicted molar refractivity (Wildman–Crippen MR) is 89.3 cm³/mol. The number of carbonyl (C=O) groups excluding carboxylic acids is 1. The lowest BCUT2D eigenvalue weighted by molar-refractivity contribution is -0.146. The van der Waals surface area contributed by atoms with Gasteiger partial charge in [-0.05, 0) is 25.2 Å². The molecular weight excluding hydrogens is 260 g/mol. The number of methoxy groups -OCH3 is 1. The highest BCUT2D eigenvalue weighted by Gasteiger charge is 2.32. The number of unbranched alkanes of at least 4 members (excludes halogenated alkanes) is 9. The van der Waals surface area contributed by atoms with Crippen molar-refractivity contribution in [1.82, 2.24) is 0 Å². The van der Waals surface area contributed by atoms with Gasteiger partial charge >= 0.3 is 5.97 Å². The van der Waals surface area contributed by atoms with Crippen LogP contribution in [0.15, 0.2) is 0 Å². The molecule has 2 nitrogen and oxygen atoms in total. The second-order valence-corrected chi connectivity index (χ2v) is 6.79. The predicted octanol–water partition coefficient (Wildman–Crippen LogP) is 5.89. The Balaban J connectivity index is 1.93. The zero-order valence-corrected chi connectivity index (χ0v) is 14.4. The fourth-order valence-corrected chi connectivity index (χ4v) is 3.74. The summed E-state index contributed by atoms with van der Waals surface area (Å²) in [6, 6.07) is 0. The molecule has 0 radical (unpaired) electrons. The number of hydrogen-bond acceptors (Lipinski definition) is 2. The summed E-state index contributed by atoms with van der Waals surface area (Å²) in [5.74, 6) is 0.838. The van der Waals surface area contributed by atoms with E-state index in [1.165, 1.54) is 90.6 Å². The molecule has 0 aromatic heterocycles. The van der Waals surface area contributed by atoms with Gasteiger partial charge in [-0.15, -0.1) is 0 Å². The highest BCUT2D eigenvalue weighted by molar-refractivity contribution is 5.72. The maximum Gasteiger partial charge on any atom is 0.308 e. The van der Waals surface area contributed by atoms with Gasteiger partial charge < -0.3 is 4.74 Å². The van der Waals surface area contributed by atoms with Gasteiger partial charge in [0, 0.05) is 0 Å². The first kappa shape index (κ1) is 18.5. The van der Waals surface area contributed by atoms with Crippen LogP contribution in [0.3, 0.4) is 0 Å². The Hall–Kier alpha value is -0.530. The van der Waals surface area contributed by atoms with Gasteiger partial charge in [-0.3, -0.25) is 4.79 Å². The molecule has 0 unspecified atom stereocenters. The van der Waals surface area contributed by atoms with Crippen LogP contribution in [-0.4, -0.2) is 13.1 Å². The standard InChI is InChI=1S/C19H36O2/c1-3-4-5-6-7-8-9-10-11-12-14-17-15-13-16-18(17)19(20)21-2/h17-18H,3-16H2,1-2H3/t17-,18+/m1/s1. The quantitative estimate of drug-likeness (QED) is 0.332. The van der Waals surface area contributed by atoms with Crippen LogP contribution in [0, 0.1) is 11.8 Å². The minimum absolute atomic E-state index is 0.0320. The largest absolute Gasteiger partial charge is 0.469 e. The normalized spacial score (nSPS) is 21.6. The van der Waals surface area contributed by atoms with Crippen molar-refractivity contribution in [1.29, 1.82) is 0 Å². The molecule has 0 amide bonds. The van der Waals surface area contributed by atoms with E-state index in [2.05, 4.69) is 6.92 Å². The highest BCUT2D eigenvalue weighted by atomic mass is 16.5. The highest BCUT2D eigenvalue weighted by Crippen LogP contribution is 2.36. The molecule has 1 saturated carbocycles. The molecule has 124 valence electrons. The van der Waals surface area contributed by atoms with Gasteiger partial charge in [0.15, 0.2) is 0 Å². The van der Waals surface area contributed by atoms with Crippen LogP contribution in [0.2, 0.25) is 0 Å². The molecule has 2 atom stereocenters. The molecule has 0 aliphatic heterocycles. The van der Waals surface area contributed by atoms with Crippen molar-refractivity contribution < 1.29 is 9.53 Å². The number of carbonyl (C=O) groups is 1. The minimum atomic E-state index is 0.0320. The summed E-state index contributed by atoms with van der Waals surface area (Å²) in [7, 11) is 1.53. The van der Waals surface area contributed by atoms with E-state index in [0.717, 1.165) is 6.42 Å². The molecule has 1 aliphatic rings. The molecule has 0 N–H and O–H groups in total. The molecule has 21 heavy (non-hydrogen) atoms. The maximum atomic E-state index is 11.7. The minimum Gasteiger partial charge on any atom is -0.469 e. The molecule has 0 bridgehead atoms. The van der Waals surface area contributed by atoms with E-state index in [1.807, 2.05) is 0 Å². The fraction of sp³-hybridized carbons (Fsp3) is 0.947. The topological polar surface area (TPSA) is 26.3 Å². The number of esters is 1. The lowest BCUT2D eigenvalue weighted by atomic mass is 9.90. The van der Waals surface area contributed by atoms with Crippen molar-refractivity contribution in [3.63, 3.8) is 0 Å². The van der Waals surface area contributed by atoms with Gasteiger partial charge in [-0.1, -0.05) is 77.6 Å². The lowest BCUT2D eigenvalue weighted by Gasteiger charge is -2.17. The van der Waals surface area contributed by atoms with Crippen molar-refractivity contribution in [2.75, 3.05) is 7.11 Å². The van der Waals surface area contributed by atoms with Crippen LogP contribution in [0.1, 0.15) is 96.8 Å². The van der Waals surface area contributed by atoms with Crippen LogP contribution in [0.5, 0.6) is 0 Å². The van der Waals surface area contributed by atoms with E-state index < -0.39 is 0 Å². The van der Waals surface area contributed by atoms with Crippen LogP contribution in [0.25, 0.3) is 0 Å². The summed E-state index contributed by atoms with van der Waals surface area (Å²) in [6.45, 7) is 2.27. The maximum absolute atomic E-state index is 11.7. The zero-order valence-electron chi connectivity index (χ0n) is 14.4. The average Bonchev–Trinajstić information content (AvgIpc) is 2.97. The molecule has 0 spiro atoms. The number of ether oxygens (including phenoxy) is 1. The molecule has 1 rings (SSSR count). The zero-order chi connectivity index (χ0) is 15.3. The number of rotatable bonds is 12. The summed E-state index contributed by atoms with van der Waals surface area (Å²) >= 11 is 0. The van der Waals surface area contributed by atoms with Crippen molar-refractivity contribution in [2.45, 2.75) is 96.8 Å². The van der Waals surface area contributed by atoms with Gasteiger partial charge in [0.1, 0.15) is 0 Å². The van der Waals surface area contributed by atoms with E-state index >= 15 is 0 Å². The summed E-state index contributed by atoms with van der Waals surface area (Å²) < 4.78 is 4.93. The lowest BCUT2D eigenvalue weighted by Crippen LogP contribution is -2.20. The third-order valence-electron chi connectivity index (χ3n) is 5.09. The van der Waals surface area contributed by atoms with Crippen molar-refractivity contribution in [3.05, 3.63) is 0 Å². The van der Waals surface area contributed by atoms with E-state index in [4.69, 9.17) is 4.74 Å². The Morgan fingerprint density at radius 2 is 1.48 bits per heavy atom. The number of hydrogen-bond donors (Lipinski definition) is 0. The third kappa shape index (κ3) is 7.87. The first-order chi connectivity index (χ1) is 10.3. The summed E-state index contributed by atoms with van der Waals surface area (Å²) in [4.78, 5) is 11.7. The van der Waals surface area contributed by atoms with Crippen molar-refractivity contribution >= 4 is 5.97 Å². The molecule has 1 fully saturated rings. The molecule has 0 saturated heterocycles. The summed E-state index contributed by atoms with van der Waals surface area (Å²) in [5, 5.41) is 0. The van der Waals surface area contributed by atoms with Crippen LogP contribution in [0.4, 0.5) is 0 Å². The van der Waals surface area contributed by atoms with E-state index in [1.54, 1.807) is 0 Å². The van der Waals surface area contributed by atoms with Gasteiger partial charge in [0.2, 0.25) is 0 Å².